The fraction of sp³-hybridized carbons (Fsp3) is 0.308. The van der Waals surface area contributed by atoms with Gasteiger partial charge in [-0.15, -0.1) is 0 Å². The summed E-state index contributed by atoms with van der Waals surface area (Å²) < 4.78 is 0. The van der Waals surface area contributed by atoms with Crippen molar-refractivity contribution in [3.05, 3.63) is 83.8 Å². The van der Waals surface area contributed by atoms with Gasteiger partial charge in [-0.2, -0.15) is 0 Å². The first-order chi connectivity index (χ1) is 16.2. The number of nitrogens with one attached hydrogen (secondary N) is 1. The van der Waals surface area contributed by atoms with Crippen LogP contribution in [0.15, 0.2) is 67.1 Å². The molecule has 1 fully saturated rings. The molecule has 0 unspecified atom stereocenters. The summed E-state index contributed by atoms with van der Waals surface area (Å²) in [4.78, 5) is 38.2. The molecule has 7 nitrogen and oxygen atoms in total. The number of benzene rings is 1. The van der Waals surface area contributed by atoms with Crippen molar-refractivity contribution in [2.75, 3.05) is 29.4 Å². The second-order valence-corrected chi connectivity index (χ2v) is 8.58. The van der Waals surface area contributed by atoms with E-state index in [0.717, 1.165) is 49.4 Å². The molecular formula is C26H27N5O2. The van der Waals surface area contributed by atoms with Gasteiger partial charge in [0.2, 0.25) is 5.91 Å². The SMILES string of the molecule is O=C(NCc1cccnc1)C1CCN(c2ccc(C(=O)N3CCc4ccccc43)cn2)CC1. The van der Waals surface area contributed by atoms with Crippen LogP contribution in [0.5, 0.6) is 0 Å². The minimum Gasteiger partial charge on any atom is -0.357 e. The number of hydrogen-bond donors (Lipinski definition) is 1. The van der Waals surface area contributed by atoms with Crippen LogP contribution in [0.4, 0.5) is 11.5 Å². The molecule has 0 atom stereocenters. The molecule has 2 aliphatic heterocycles. The molecule has 7 heteroatoms. The van der Waals surface area contributed by atoms with Crippen LogP contribution in [0, 0.1) is 5.92 Å². The topological polar surface area (TPSA) is 78.4 Å². The Balaban J connectivity index is 1.15. The number of carbonyl (C=O) groups excluding carboxylic acids is 2. The lowest BCUT2D eigenvalue weighted by Gasteiger charge is -2.32. The Morgan fingerprint density at radius 3 is 2.58 bits per heavy atom. The average molecular weight is 442 g/mol. The molecule has 0 saturated carbocycles. The third-order valence-corrected chi connectivity index (χ3v) is 6.51. The summed E-state index contributed by atoms with van der Waals surface area (Å²) in [5, 5.41) is 3.02. The molecule has 2 aromatic heterocycles. The van der Waals surface area contributed by atoms with E-state index in [2.05, 4.69) is 26.3 Å². The van der Waals surface area contributed by atoms with Crippen LogP contribution in [0.3, 0.4) is 0 Å². The Labute approximate surface area is 193 Å². The molecule has 0 bridgehead atoms. The maximum absolute atomic E-state index is 13.0. The molecule has 2 aliphatic rings. The second-order valence-electron chi connectivity index (χ2n) is 8.58. The van der Waals surface area contributed by atoms with Gasteiger partial charge in [0.15, 0.2) is 0 Å². The van der Waals surface area contributed by atoms with E-state index in [0.29, 0.717) is 18.7 Å². The van der Waals surface area contributed by atoms with Crippen molar-refractivity contribution in [3.63, 3.8) is 0 Å². The van der Waals surface area contributed by atoms with Crippen molar-refractivity contribution >= 4 is 23.3 Å². The van der Waals surface area contributed by atoms with Crippen molar-refractivity contribution in [3.8, 4) is 0 Å². The molecule has 0 radical (unpaired) electrons. The molecule has 168 valence electrons. The number of hydrogen-bond acceptors (Lipinski definition) is 5. The zero-order valence-electron chi connectivity index (χ0n) is 18.5. The largest absolute Gasteiger partial charge is 0.357 e. The zero-order valence-corrected chi connectivity index (χ0v) is 18.5. The van der Waals surface area contributed by atoms with E-state index >= 15 is 0 Å². The Kier molecular flexibility index (Phi) is 6.02. The van der Waals surface area contributed by atoms with Crippen LogP contribution in [0.25, 0.3) is 0 Å². The summed E-state index contributed by atoms with van der Waals surface area (Å²) in [5.74, 6) is 0.942. The highest BCUT2D eigenvalue weighted by Gasteiger charge is 2.27. The van der Waals surface area contributed by atoms with Gasteiger partial charge < -0.3 is 15.1 Å². The number of amides is 2. The van der Waals surface area contributed by atoms with Gasteiger partial charge in [-0.1, -0.05) is 24.3 Å². The number of aromatic nitrogens is 2. The predicted molar refractivity (Wildman–Crippen MR) is 127 cm³/mol. The lowest BCUT2D eigenvalue weighted by Crippen LogP contribution is -2.40. The molecule has 33 heavy (non-hydrogen) atoms. The smallest absolute Gasteiger partial charge is 0.259 e. The first-order valence-corrected chi connectivity index (χ1v) is 11.5. The maximum Gasteiger partial charge on any atom is 0.259 e. The Morgan fingerprint density at radius 2 is 1.82 bits per heavy atom. The molecular weight excluding hydrogens is 414 g/mol. The van der Waals surface area contributed by atoms with E-state index in [9.17, 15) is 9.59 Å². The monoisotopic (exact) mass is 441 g/mol. The Hall–Kier alpha value is -3.74. The Bertz CT molecular complexity index is 1120. The van der Waals surface area contributed by atoms with Gasteiger partial charge in [-0.05, 0) is 54.7 Å². The summed E-state index contributed by atoms with van der Waals surface area (Å²) in [6, 6.07) is 15.7. The van der Waals surface area contributed by atoms with Crippen LogP contribution in [0.2, 0.25) is 0 Å². The molecule has 5 rings (SSSR count). The van der Waals surface area contributed by atoms with Crippen molar-refractivity contribution in [2.45, 2.75) is 25.8 Å². The highest BCUT2D eigenvalue weighted by atomic mass is 16.2. The van der Waals surface area contributed by atoms with Crippen molar-refractivity contribution in [1.29, 1.82) is 0 Å². The molecule has 0 spiro atoms. The average Bonchev–Trinajstić information content (AvgIpc) is 3.32. The maximum atomic E-state index is 13.0. The molecule has 1 aromatic carbocycles. The van der Waals surface area contributed by atoms with E-state index < -0.39 is 0 Å². The normalized spacial score (nSPS) is 15.9. The fourth-order valence-corrected chi connectivity index (χ4v) is 4.61. The minimum atomic E-state index is -0.0111. The van der Waals surface area contributed by atoms with Gasteiger partial charge in [0, 0.05) is 56.4 Å². The number of carbonyl (C=O) groups is 2. The second kappa shape index (κ2) is 9.40. The summed E-state index contributed by atoms with van der Waals surface area (Å²) in [6.07, 6.45) is 7.62. The van der Waals surface area contributed by atoms with Crippen molar-refractivity contribution < 1.29 is 9.59 Å². The van der Waals surface area contributed by atoms with Gasteiger partial charge >= 0.3 is 0 Å². The summed E-state index contributed by atoms with van der Waals surface area (Å²) >= 11 is 0. The molecule has 3 aromatic rings. The standard InChI is InChI=1S/C26H27N5O2/c32-25(29-17-19-4-3-12-27-16-19)21-9-13-30(14-10-21)24-8-7-22(18-28-24)26(33)31-15-11-20-5-1-2-6-23(20)31/h1-8,12,16,18,21H,9-11,13-15,17H2,(H,29,32). The van der Waals surface area contributed by atoms with Crippen LogP contribution in [-0.4, -0.2) is 41.4 Å². The highest BCUT2D eigenvalue weighted by molar-refractivity contribution is 6.07. The number of anilines is 2. The highest BCUT2D eigenvalue weighted by Crippen LogP contribution is 2.29. The lowest BCUT2D eigenvalue weighted by molar-refractivity contribution is -0.125. The molecule has 2 amide bonds. The number of nitrogens with zero attached hydrogens (tertiary/aromatic N) is 4. The number of pyridine rings is 2. The third kappa shape index (κ3) is 4.58. The minimum absolute atomic E-state index is 0.00834. The van der Waals surface area contributed by atoms with E-state index in [-0.39, 0.29) is 17.7 Å². The van der Waals surface area contributed by atoms with Crippen molar-refractivity contribution in [2.24, 2.45) is 5.92 Å². The number of para-hydroxylation sites is 1. The summed E-state index contributed by atoms with van der Waals surface area (Å²) in [5.41, 5.74) is 3.80. The molecule has 4 heterocycles. The van der Waals surface area contributed by atoms with Gasteiger partial charge in [0.1, 0.15) is 5.82 Å². The first kappa shape index (κ1) is 21.1. The number of fused-ring (bicyclic) bond motifs is 1. The molecule has 1 saturated heterocycles. The van der Waals surface area contributed by atoms with E-state index in [1.807, 2.05) is 47.4 Å². The van der Waals surface area contributed by atoms with Crippen molar-refractivity contribution in [1.82, 2.24) is 15.3 Å². The third-order valence-electron chi connectivity index (χ3n) is 6.51. The zero-order chi connectivity index (χ0) is 22.6. The quantitative estimate of drug-likeness (QED) is 0.658. The van der Waals surface area contributed by atoms with Gasteiger partial charge in [0.25, 0.3) is 5.91 Å². The van der Waals surface area contributed by atoms with Crippen LogP contribution in [-0.2, 0) is 17.8 Å². The van der Waals surface area contributed by atoms with Gasteiger partial charge in [-0.3, -0.25) is 14.6 Å². The summed E-state index contributed by atoms with van der Waals surface area (Å²) in [6.45, 7) is 2.75. The number of piperidine rings is 1. The first-order valence-electron chi connectivity index (χ1n) is 11.5. The summed E-state index contributed by atoms with van der Waals surface area (Å²) in [7, 11) is 0. The van der Waals surface area contributed by atoms with Gasteiger partial charge in [-0.25, -0.2) is 4.98 Å². The molecule has 1 N–H and O–H groups in total. The van der Waals surface area contributed by atoms with Crippen LogP contribution >= 0.6 is 0 Å². The van der Waals surface area contributed by atoms with Crippen LogP contribution in [0.1, 0.15) is 34.3 Å². The lowest BCUT2D eigenvalue weighted by atomic mass is 9.96. The fourth-order valence-electron chi connectivity index (χ4n) is 4.61. The number of rotatable bonds is 5. The van der Waals surface area contributed by atoms with E-state index in [1.165, 1.54) is 5.56 Å². The predicted octanol–water partition coefficient (Wildman–Crippen LogP) is 3.21. The Morgan fingerprint density at radius 1 is 0.970 bits per heavy atom. The van der Waals surface area contributed by atoms with E-state index in [4.69, 9.17) is 0 Å². The molecule has 0 aliphatic carbocycles. The van der Waals surface area contributed by atoms with E-state index in [1.54, 1.807) is 18.6 Å². The van der Waals surface area contributed by atoms with Crippen LogP contribution < -0.4 is 15.1 Å². The van der Waals surface area contributed by atoms with Gasteiger partial charge in [0.05, 0.1) is 5.56 Å².